The molecule has 1 aliphatic rings. The highest BCUT2D eigenvalue weighted by Gasteiger charge is 2.16. The normalized spacial score (nSPS) is 16.1. The number of allylic oxidation sites excluding steroid dienone is 2. The summed E-state index contributed by atoms with van der Waals surface area (Å²) in [6.07, 6.45) is 7.45. The van der Waals surface area contributed by atoms with E-state index in [2.05, 4.69) is 59.5 Å². The van der Waals surface area contributed by atoms with E-state index in [1.807, 2.05) is 6.20 Å². The summed E-state index contributed by atoms with van der Waals surface area (Å²) in [5, 5.41) is 1.24. The van der Waals surface area contributed by atoms with Gasteiger partial charge in [-0.3, -0.25) is 0 Å². The van der Waals surface area contributed by atoms with Crippen LogP contribution in [0.2, 0.25) is 0 Å². The van der Waals surface area contributed by atoms with Crippen LogP contribution in [0.5, 0.6) is 0 Å². The molecule has 3 rings (SSSR count). The smallest absolute Gasteiger partial charge is 0.130 e. The first kappa shape index (κ1) is 16.1. The van der Waals surface area contributed by atoms with Crippen molar-refractivity contribution in [2.24, 2.45) is 0 Å². The van der Waals surface area contributed by atoms with Crippen molar-refractivity contribution in [3.63, 3.8) is 0 Å². The fraction of sp³-hybridized carbons (Fsp3) is 0.526. The quantitative estimate of drug-likeness (QED) is 0.783. The molecule has 124 valence electrons. The lowest BCUT2D eigenvalue weighted by Gasteiger charge is -2.27. The lowest BCUT2D eigenvalue weighted by Crippen LogP contribution is -2.36. The summed E-state index contributed by atoms with van der Waals surface area (Å²) in [6.45, 7) is 11.1. The summed E-state index contributed by atoms with van der Waals surface area (Å²) in [4.78, 5) is 7.00. The maximum Gasteiger partial charge on any atom is 0.130 e. The fourth-order valence-corrected chi connectivity index (χ4v) is 3.23. The summed E-state index contributed by atoms with van der Waals surface area (Å²) in [5.41, 5.74) is 2.69. The van der Waals surface area contributed by atoms with Crippen LogP contribution in [0.3, 0.4) is 0 Å². The fourth-order valence-electron chi connectivity index (χ4n) is 3.23. The van der Waals surface area contributed by atoms with Crippen LogP contribution in [0.1, 0.15) is 38.8 Å². The number of anilines is 1. The van der Waals surface area contributed by atoms with E-state index < -0.39 is 0 Å². The van der Waals surface area contributed by atoms with Crippen LogP contribution >= 0.6 is 0 Å². The molecule has 23 heavy (non-hydrogen) atoms. The van der Waals surface area contributed by atoms with Crippen LogP contribution in [-0.2, 0) is 11.3 Å². The standard InChI is InChI=1S/C19H27N3O/c1-4-5-6-7-22-17(15(2)3)12-16-14-20-19(13-18(16)22)21-8-10-23-11-9-21/h4-5,12-15H,6-11H2,1-3H3. The third-order valence-corrected chi connectivity index (χ3v) is 4.49. The lowest BCUT2D eigenvalue weighted by atomic mass is 10.1. The Labute approximate surface area is 138 Å². The lowest BCUT2D eigenvalue weighted by molar-refractivity contribution is 0.122. The van der Waals surface area contributed by atoms with Crippen molar-refractivity contribution in [3.8, 4) is 0 Å². The molecule has 2 aromatic heterocycles. The van der Waals surface area contributed by atoms with Crippen molar-refractivity contribution < 1.29 is 4.74 Å². The van der Waals surface area contributed by atoms with E-state index >= 15 is 0 Å². The van der Waals surface area contributed by atoms with E-state index in [4.69, 9.17) is 4.74 Å². The van der Waals surface area contributed by atoms with Gasteiger partial charge in [0.1, 0.15) is 5.82 Å². The molecular formula is C19H27N3O. The van der Waals surface area contributed by atoms with Crippen molar-refractivity contribution in [3.05, 3.63) is 36.2 Å². The molecule has 0 bridgehead atoms. The Balaban J connectivity index is 1.99. The molecule has 1 aliphatic heterocycles. The van der Waals surface area contributed by atoms with Crippen LogP contribution in [0.4, 0.5) is 5.82 Å². The first-order valence-electron chi connectivity index (χ1n) is 8.63. The van der Waals surface area contributed by atoms with Gasteiger partial charge in [-0.1, -0.05) is 26.0 Å². The van der Waals surface area contributed by atoms with Gasteiger partial charge in [0.15, 0.2) is 0 Å². The zero-order chi connectivity index (χ0) is 16.2. The Bertz CT molecular complexity index is 681. The van der Waals surface area contributed by atoms with Crippen molar-refractivity contribution in [1.29, 1.82) is 0 Å². The van der Waals surface area contributed by atoms with E-state index in [1.54, 1.807) is 0 Å². The molecule has 4 nitrogen and oxygen atoms in total. The number of aryl methyl sites for hydroxylation is 1. The number of hydrogen-bond acceptors (Lipinski definition) is 3. The molecule has 3 heterocycles. The van der Waals surface area contributed by atoms with E-state index in [0.29, 0.717) is 5.92 Å². The van der Waals surface area contributed by atoms with Gasteiger partial charge in [0, 0.05) is 43.0 Å². The van der Waals surface area contributed by atoms with Gasteiger partial charge >= 0.3 is 0 Å². The minimum atomic E-state index is 0.514. The maximum atomic E-state index is 5.45. The van der Waals surface area contributed by atoms with Crippen molar-refractivity contribution in [2.45, 2.75) is 39.7 Å². The second kappa shape index (κ2) is 7.18. The van der Waals surface area contributed by atoms with E-state index in [1.165, 1.54) is 16.6 Å². The molecule has 0 aromatic carbocycles. The molecule has 0 spiro atoms. The molecule has 0 saturated carbocycles. The van der Waals surface area contributed by atoms with Crippen molar-refractivity contribution in [1.82, 2.24) is 9.55 Å². The third-order valence-electron chi connectivity index (χ3n) is 4.49. The molecule has 0 amide bonds. The van der Waals surface area contributed by atoms with Gasteiger partial charge in [-0.15, -0.1) is 0 Å². The van der Waals surface area contributed by atoms with E-state index in [-0.39, 0.29) is 0 Å². The molecule has 2 aromatic rings. The summed E-state index contributed by atoms with van der Waals surface area (Å²) in [7, 11) is 0. The molecule has 1 fully saturated rings. The van der Waals surface area contributed by atoms with Gasteiger partial charge in [-0.05, 0) is 25.3 Å². The minimum Gasteiger partial charge on any atom is -0.378 e. The van der Waals surface area contributed by atoms with Gasteiger partial charge in [-0.25, -0.2) is 4.98 Å². The van der Waals surface area contributed by atoms with Crippen LogP contribution < -0.4 is 4.90 Å². The average Bonchev–Trinajstić information content (AvgIpc) is 2.94. The van der Waals surface area contributed by atoms with E-state index in [0.717, 1.165) is 45.1 Å². The number of nitrogens with zero attached hydrogens (tertiary/aromatic N) is 3. The maximum absolute atomic E-state index is 5.45. The Morgan fingerprint density at radius 3 is 2.74 bits per heavy atom. The molecule has 0 aliphatic carbocycles. The predicted octanol–water partition coefficient (Wildman–Crippen LogP) is 3.96. The SMILES string of the molecule is CC=CCCn1c(C(C)C)cc2cnc(N3CCOCC3)cc21. The van der Waals surface area contributed by atoms with Crippen LogP contribution in [-0.4, -0.2) is 35.9 Å². The van der Waals surface area contributed by atoms with Gasteiger partial charge in [0.25, 0.3) is 0 Å². The molecule has 0 radical (unpaired) electrons. The molecular weight excluding hydrogens is 286 g/mol. The van der Waals surface area contributed by atoms with Crippen molar-refractivity contribution >= 4 is 16.7 Å². The predicted molar refractivity (Wildman–Crippen MR) is 96.3 cm³/mol. The zero-order valence-electron chi connectivity index (χ0n) is 14.5. The van der Waals surface area contributed by atoms with Gasteiger partial charge in [0.05, 0.1) is 18.7 Å². The Hall–Kier alpha value is -1.81. The Kier molecular flexibility index (Phi) is 5.01. The molecule has 0 N–H and O–H groups in total. The number of aromatic nitrogens is 2. The topological polar surface area (TPSA) is 30.3 Å². The Morgan fingerprint density at radius 1 is 1.26 bits per heavy atom. The number of morpholine rings is 1. The van der Waals surface area contributed by atoms with Crippen molar-refractivity contribution in [2.75, 3.05) is 31.2 Å². The van der Waals surface area contributed by atoms with Gasteiger partial charge in [-0.2, -0.15) is 0 Å². The first-order valence-corrected chi connectivity index (χ1v) is 8.63. The van der Waals surface area contributed by atoms with E-state index in [9.17, 15) is 0 Å². The van der Waals surface area contributed by atoms with Crippen LogP contribution in [0, 0.1) is 0 Å². The second-order valence-electron chi connectivity index (χ2n) is 6.43. The average molecular weight is 313 g/mol. The zero-order valence-corrected chi connectivity index (χ0v) is 14.5. The van der Waals surface area contributed by atoms with Crippen LogP contribution in [0.25, 0.3) is 10.9 Å². The largest absolute Gasteiger partial charge is 0.378 e. The molecule has 1 saturated heterocycles. The number of hydrogen-bond donors (Lipinski definition) is 0. The number of rotatable bonds is 5. The number of ether oxygens (including phenoxy) is 1. The highest BCUT2D eigenvalue weighted by molar-refractivity contribution is 5.83. The third kappa shape index (κ3) is 3.42. The summed E-state index contributed by atoms with van der Waals surface area (Å²) < 4.78 is 7.92. The summed E-state index contributed by atoms with van der Waals surface area (Å²) in [6, 6.07) is 4.55. The van der Waals surface area contributed by atoms with Gasteiger partial charge < -0.3 is 14.2 Å². The highest BCUT2D eigenvalue weighted by Crippen LogP contribution is 2.28. The van der Waals surface area contributed by atoms with Gasteiger partial charge in [0.2, 0.25) is 0 Å². The number of fused-ring (bicyclic) bond motifs is 1. The highest BCUT2D eigenvalue weighted by atomic mass is 16.5. The minimum absolute atomic E-state index is 0.514. The van der Waals surface area contributed by atoms with Crippen LogP contribution in [0.15, 0.2) is 30.5 Å². The summed E-state index contributed by atoms with van der Waals surface area (Å²) >= 11 is 0. The Morgan fingerprint density at radius 2 is 2.04 bits per heavy atom. The second-order valence-corrected chi connectivity index (χ2v) is 6.43. The monoisotopic (exact) mass is 313 g/mol. The number of pyridine rings is 1. The summed E-state index contributed by atoms with van der Waals surface area (Å²) in [5.74, 6) is 1.58. The molecule has 0 atom stereocenters. The molecule has 0 unspecified atom stereocenters. The first-order chi connectivity index (χ1) is 11.2. The molecule has 4 heteroatoms.